The van der Waals surface area contributed by atoms with Crippen LogP contribution in [0.25, 0.3) is 0 Å². The second-order valence-electron chi connectivity index (χ2n) is 3.89. The van der Waals surface area contributed by atoms with Gasteiger partial charge < -0.3 is 10.2 Å². The number of nitrogen functional groups attached to an aromatic ring is 1. The van der Waals surface area contributed by atoms with Gasteiger partial charge in [-0.25, -0.2) is 13.1 Å². The summed E-state index contributed by atoms with van der Waals surface area (Å²) in [5, 5.41) is 3.79. The fourth-order valence-corrected chi connectivity index (χ4v) is 2.61. The summed E-state index contributed by atoms with van der Waals surface area (Å²) in [7, 11) is -2.07. The lowest BCUT2D eigenvalue weighted by Crippen LogP contribution is -2.23. The molecule has 0 bridgehead atoms. The highest BCUT2D eigenvalue weighted by Gasteiger charge is 2.20. The van der Waals surface area contributed by atoms with Crippen molar-refractivity contribution in [3.8, 4) is 0 Å². The highest BCUT2D eigenvalue weighted by atomic mass is 32.2. The standard InChI is InChI=1S/C10H14N4O3S/c1-7-3-4-8(17-7)5-12-18(15,16)9-6-14(2)13-10(9)11/h3-4,6,12H,5H2,1-2H3,(H2,11,13). The molecule has 0 spiro atoms. The molecule has 0 amide bonds. The normalized spacial score (nSPS) is 11.9. The van der Waals surface area contributed by atoms with E-state index in [4.69, 9.17) is 10.2 Å². The minimum Gasteiger partial charge on any atom is -0.465 e. The zero-order valence-electron chi connectivity index (χ0n) is 10.0. The first-order chi connectivity index (χ1) is 8.38. The Hall–Kier alpha value is -1.80. The van der Waals surface area contributed by atoms with Gasteiger partial charge >= 0.3 is 0 Å². The van der Waals surface area contributed by atoms with Gasteiger partial charge in [-0.05, 0) is 19.1 Å². The summed E-state index contributed by atoms with van der Waals surface area (Å²) in [6.45, 7) is 1.86. The predicted octanol–water partition coefficient (Wildman–Crippen LogP) is 0.382. The molecule has 0 saturated carbocycles. The number of hydrogen-bond acceptors (Lipinski definition) is 5. The van der Waals surface area contributed by atoms with Gasteiger partial charge in [0.1, 0.15) is 16.4 Å². The summed E-state index contributed by atoms with van der Waals surface area (Å²) in [6.07, 6.45) is 1.35. The Labute approximate surface area is 105 Å². The highest BCUT2D eigenvalue weighted by Crippen LogP contribution is 2.16. The fraction of sp³-hybridized carbons (Fsp3) is 0.300. The van der Waals surface area contributed by atoms with Gasteiger partial charge in [0.25, 0.3) is 0 Å². The van der Waals surface area contributed by atoms with Crippen molar-refractivity contribution < 1.29 is 12.8 Å². The lowest BCUT2D eigenvalue weighted by molar-refractivity contribution is 0.475. The van der Waals surface area contributed by atoms with E-state index in [-0.39, 0.29) is 17.3 Å². The SMILES string of the molecule is Cc1ccc(CNS(=O)(=O)c2cn(C)nc2N)o1. The Kier molecular flexibility index (Phi) is 3.14. The van der Waals surface area contributed by atoms with Gasteiger partial charge in [-0.3, -0.25) is 4.68 Å². The van der Waals surface area contributed by atoms with Crippen molar-refractivity contribution in [2.24, 2.45) is 7.05 Å². The number of sulfonamides is 1. The molecule has 18 heavy (non-hydrogen) atoms. The van der Waals surface area contributed by atoms with Crippen molar-refractivity contribution in [2.45, 2.75) is 18.4 Å². The zero-order valence-corrected chi connectivity index (χ0v) is 10.9. The number of furan rings is 1. The quantitative estimate of drug-likeness (QED) is 0.836. The van der Waals surface area contributed by atoms with Gasteiger partial charge in [0.2, 0.25) is 10.0 Å². The van der Waals surface area contributed by atoms with E-state index in [1.54, 1.807) is 26.1 Å². The molecule has 0 atom stereocenters. The summed E-state index contributed by atoms with van der Waals surface area (Å²) in [4.78, 5) is -0.0340. The predicted molar refractivity (Wildman–Crippen MR) is 65.1 cm³/mol. The number of aryl methyl sites for hydroxylation is 2. The van der Waals surface area contributed by atoms with Crippen LogP contribution in [-0.2, 0) is 23.6 Å². The zero-order chi connectivity index (χ0) is 13.3. The highest BCUT2D eigenvalue weighted by molar-refractivity contribution is 7.89. The van der Waals surface area contributed by atoms with E-state index >= 15 is 0 Å². The summed E-state index contributed by atoms with van der Waals surface area (Å²) in [5.41, 5.74) is 5.53. The Bertz CT molecular complexity index is 656. The van der Waals surface area contributed by atoms with Crippen LogP contribution < -0.4 is 10.5 Å². The molecule has 0 saturated heterocycles. The van der Waals surface area contributed by atoms with Crippen molar-refractivity contribution in [2.75, 3.05) is 5.73 Å². The molecular formula is C10H14N4O3S. The van der Waals surface area contributed by atoms with Crippen LogP contribution in [0.2, 0.25) is 0 Å². The fourth-order valence-electron chi connectivity index (χ4n) is 1.51. The lowest BCUT2D eigenvalue weighted by atomic mass is 10.4. The van der Waals surface area contributed by atoms with E-state index in [1.807, 2.05) is 0 Å². The third kappa shape index (κ3) is 2.54. The van der Waals surface area contributed by atoms with E-state index in [9.17, 15) is 8.42 Å². The van der Waals surface area contributed by atoms with Crippen molar-refractivity contribution >= 4 is 15.8 Å². The topological polar surface area (TPSA) is 103 Å². The van der Waals surface area contributed by atoms with Gasteiger partial charge in [-0.1, -0.05) is 0 Å². The van der Waals surface area contributed by atoms with Crippen LogP contribution in [-0.4, -0.2) is 18.2 Å². The number of nitrogens with one attached hydrogen (secondary N) is 1. The smallest absolute Gasteiger partial charge is 0.246 e. The first-order valence-corrected chi connectivity index (χ1v) is 6.71. The van der Waals surface area contributed by atoms with Gasteiger partial charge in [0, 0.05) is 13.2 Å². The van der Waals surface area contributed by atoms with E-state index in [1.165, 1.54) is 10.9 Å². The molecular weight excluding hydrogens is 256 g/mol. The number of nitrogens with two attached hydrogens (primary N) is 1. The molecule has 2 aromatic rings. The molecule has 8 heteroatoms. The molecule has 0 aliphatic rings. The summed E-state index contributed by atoms with van der Waals surface area (Å²) >= 11 is 0. The number of aromatic nitrogens is 2. The van der Waals surface area contributed by atoms with Crippen LogP contribution in [0, 0.1) is 6.92 Å². The number of hydrogen-bond donors (Lipinski definition) is 2. The molecule has 0 fully saturated rings. The first kappa shape index (κ1) is 12.7. The monoisotopic (exact) mass is 270 g/mol. The summed E-state index contributed by atoms with van der Waals surface area (Å²) in [6, 6.07) is 3.48. The van der Waals surface area contributed by atoms with Gasteiger partial charge in [-0.2, -0.15) is 5.10 Å². The van der Waals surface area contributed by atoms with Crippen LogP contribution in [0.1, 0.15) is 11.5 Å². The minimum absolute atomic E-state index is 0.0272. The maximum absolute atomic E-state index is 12.0. The second-order valence-corrected chi connectivity index (χ2v) is 5.62. The number of nitrogens with zero attached hydrogens (tertiary/aromatic N) is 2. The molecule has 2 rings (SSSR count). The molecule has 98 valence electrons. The molecule has 0 unspecified atom stereocenters. The molecule has 3 N–H and O–H groups in total. The van der Waals surface area contributed by atoms with Crippen molar-refractivity contribution in [1.29, 1.82) is 0 Å². The minimum atomic E-state index is -3.68. The van der Waals surface area contributed by atoms with Gasteiger partial charge in [0.15, 0.2) is 5.82 Å². The van der Waals surface area contributed by atoms with E-state index < -0.39 is 10.0 Å². The third-order valence-corrected chi connectivity index (χ3v) is 3.76. The van der Waals surface area contributed by atoms with E-state index in [2.05, 4.69) is 9.82 Å². The summed E-state index contributed by atoms with van der Waals surface area (Å²) < 4.78 is 32.9. The Morgan fingerprint density at radius 3 is 2.72 bits per heavy atom. The van der Waals surface area contributed by atoms with Gasteiger partial charge in [-0.15, -0.1) is 0 Å². The Morgan fingerprint density at radius 2 is 2.22 bits per heavy atom. The maximum Gasteiger partial charge on any atom is 0.246 e. The largest absolute Gasteiger partial charge is 0.465 e. The molecule has 7 nitrogen and oxygen atoms in total. The Balaban J connectivity index is 2.15. The molecule has 0 aliphatic carbocycles. The average Bonchev–Trinajstić information content (AvgIpc) is 2.82. The van der Waals surface area contributed by atoms with Crippen molar-refractivity contribution in [3.63, 3.8) is 0 Å². The third-order valence-electron chi connectivity index (χ3n) is 2.34. The molecule has 0 radical (unpaired) electrons. The molecule has 2 aromatic heterocycles. The molecule has 2 heterocycles. The van der Waals surface area contributed by atoms with Crippen LogP contribution in [0.5, 0.6) is 0 Å². The Morgan fingerprint density at radius 1 is 1.50 bits per heavy atom. The number of anilines is 1. The molecule has 0 aromatic carbocycles. The second kappa shape index (κ2) is 4.46. The van der Waals surface area contributed by atoms with Crippen LogP contribution in [0.3, 0.4) is 0 Å². The first-order valence-electron chi connectivity index (χ1n) is 5.22. The van der Waals surface area contributed by atoms with Crippen LogP contribution >= 0.6 is 0 Å². The summed E-state index contributed by atoms with van der Waals surface area (Å²) in [5.74, 6) is 1.24. The van der Waals surface area contributed by atoms with E-state index in [0.717, 1.165) is 5.76 Å². The van der Waals surface area contributed by atoms with Crippen molar-refractivity contribution in [1.82, 2.24) is 14.5 Å². The van der Waals surface area contributed by atoms with E-state index in [0.29, 0.717) is 5.76 Å². The van der Waals surface area contributed by atoms with Crippen LogP contribution in [0.15, 0.2) is 27.6 Å². The number of rotatable bonds is 4. The maximum atomic E-state index is 12.0. The van der Waals surface area contributed by atoms with Crippen LogP contribution in [0.4, 0.5) is 5.82 Å². The molecule has 0 aliphatic heterocycles. The van der Waals surface area contributed by atoms with Gasteiger partial charge in [0.05, 0.1) is 6.54 Å². The average molecular weight is 270 g/mol. The van der Waals surface area contributed by atoms with Crippen molar-refractivity contribution in [3.05, 3.63) is 29.9 Å². The lowest BCUT2D eigenvalue weighted by Gasteiger charge is -2.03.